The number of fused-ring (bicyclic) bond motifs is 1. The van der Waals surface area contributed by atoms with Gasteiger partial charge in [-0.1, -0.05) is 27.7 Å². The van der Waals surface area contributed by atoms with E-state index in [0.29, 0.717) is 40.5 Å². The Kier molecular flexibility index (Phi) is 7.41. The van der Waals surface area contributed by atoms with Gasteiger partial charge in [-0.25, -0.2) is 4.98 Å². The van der Waals surface area contributed by atoms with Crippen LogP contribution in [0.25, 0.3) is 10.9 Å². The van der Waals surface area contributed by atoms with Gasteiger partial charge in [-0.15, -0.1) is 0 Å². The van der Waals surface area contributed by atoms with Crippen molar-refractivity contribution in [3.05, 3.63) is 62.9 Å². The number of rotatable bonds is 8. The summed E-state index contributed by atoms with van der Waals surface area (Å²) in [5.41, 5.74) is 1.55. The molecule has 0 saturated heterocycles. The number of hydrogen-bond donors (Lipinski definition) is 1. The summed E-state index contributed by atoms with van der Waals surface area (Å²) in [4.78, 5) is 41.3. The quantitative estimate of drug-likeness (QED) is 0.294. The molecule has 1 aromatic heterocycles. The lowest BCUT2D eigenvalue weighted by molar-refractivity contribution is -0.114. The normalized spacial score (nSPS) is 10.9. The molecule has 0 aliphatic carbocycles. The van der Waals surface area contributed by atoms with Crippen LogP contribution in [0, 0.1) is 0 Å². The third-order valence-electron chi connectivity index (χ3n) is 4.26. The second-order valence-corrected chi connectivity index (χ2v) is 8.33. The number of aromatic nitrogens is 2. The van der Waals surface area contributed by atoms with E-state index in [2.05, 4.69) is 26.2 Å². The molecule has 3 rings (SSSR count). The first-order valence-electron chi connectivity index (χ1n) is 9.11. The van der Waals surface area contributed by atoms with E-state index in [1.807, 2.05) is 6.07 Å². The summed E-state index contributed by atoms with van der Waals surface area (Å²) in [5.74, 6) is -0.146. The Morgan fingerprint density at radius 2 is 1.93 bits per heavy atom. The number of anilines is 1. The van der Waals surface area contributed by atoms with Gasteiger partial charge in [-0.05, 0) is 42.5 Å². The van der Waals surface area contributed by atoms with Gasteiger partial charge in [-0.2, -0.15) is 0 Å². The van der Waals surface area contributed by atoms with Gasteiger partial charge >= 0.3 is 0 Å². The molecule has 0 spiro atoms. The summed E-state index contributed by atoms with van der Waals surface area (Å²) >= 11 is 4.60. The first-order valence-corrected chi connectivity index (χ1v) is 10.9. The summed E-state index contributed by atoms with van der Waals surface area (Å²) in [5, 5.41) is 3.64. The lowest BCUT2D eigenvalue weighted by Gasteiger charge is -2.13. The van der Waals surface area contributed by atoms with Crippen LogP contribution in [-0.4, -0.2) is 40.7 Å². The first-order chi connectivity index (χ1) is 14.4. The van der Waals surface area contributed by atoms with E-state index in [1.165, 1.54) is 23.3 Å². The second-order valence-electron chi connectivity index (χ2n) is 6.48. The van der Waals surface area contributed by atoms with Gasteiger partial charge in [0.25, 0.3) is 5.56 Å². The fraction of sp³-hybridized carbons (Fsp3) is 0.238. The van der Waals surface area contributed by atoms with Crippen LogP contribution in [0.1, 0.15) is 17.3 Å². The SMILES string of the molecule is COCCn1c(SCC(=O)c2ccc(NC(C)=O)cc2)nc2ccc(Br)cc2c1=O. The van der Waals surface area contributed by atoms with Crippen molar-refractivity contribution >= 4 is 56.0 Å². The summed E-state index contributed by atoms with van der Waals surface area (Å²) in [6.07, 6.45) is 0. The van der Waals surface area contributed by atoms with Crippen molar-refractivity contribution in [1.82, 2.24) is 9.55 Å². The predicted octanol–water partition coefficient (Wildman–Crippen LogP) is 3.74. The van der Waals surface area contributed by atoms with Crippen LogP contribution in [0.15, 0.2) is 56.9 Å². The minimum Gasteiger partial charge on any atom is -0.383 e. The molecule has 9 heteroatoms. The molecule has 3 aromatic rings. The summed E-state index contributed by atoms with van der Waals surface area (Å²) in [6.45, 7) is 2.12. The highest BCUT2D eigenvalue weighted by Gasteiger charge is 2.14. The zero-order chi connectivity index (χ0) is 21.7. The zero-order valence-electron chi connectivity index (χ0n) is 16.5. The van der Waals surface area contributed by atoms with Crippen LogP contribution in [0.4, 0.5) is 5.69 Å². The number of nitrogens with one attached hydrogen (secondary N) is 1. The molecule has 0 aliphatic rings. The van der Waals surface area contributed by atoms with Crippen molar-refractivity contribution < 1.29 is 14.3 Å². The highest BCUT2D eigenvalue weighted by molar-refractivity contribution is 9.10. The lowest BCUT2D eigenvalue weighted by Crippen LogP contribution is -2.25. The number of ketones is 1. The maximum atomic E-state index is 13.0. The number of amides is 1. The fourth-order valence-electron chi connectivity index (χ4n) is 2.82. The highest BCUT2D eigenvalue weighted by atomic mass is 79.9. The molecule has 1 heterocycles. The molecule has 0 aliphatic heterocycles. The van der Waals surface area contributed by atoms with E-state index in [1.54, 1.807) is 43.5 Å². The molecule has 0 fully saturated rings. The average Bonchev–Trinajstić information content (AvgIpc) is 2.72. The van der Waals surface area contributed by atoms with Crippen LogP contribution in [0.5, 0.6) is 0 Å². The Balaban J connectivity index is 1.83. The van der Waals surface area contributed by atoms with Crippen molar-refractivity contribution in [3.8, 4) is 0 Å². The van der Waals surface area contributed by atoms with Crippen LogP contribution in [0.3, 0.4) is 0 Å². The molecule has 0 bridgehead atoms. The smallest absolute Gasteiger partial charge is 0.262 e. The standard InChI is InChI=1S/C21H20BrN3O4S/c1-13(26)23-16-6-3-14(4-7-16)19(27)12-30-21-24-18-8-5-15(22)11-17(18)20(28)25(21)9-10-29-2/h3-8,11H,9-10,12H2,1-2H3,(H,23,26). The van der Waals surface area contributed by atoms with E-state index in [4.69, 9.17) is 4.74 Å². The van der Waals surface area contributed by atoms with Gasteiger partial charge in [-0.3, -0.25) is 19.0 Å². The third-order valence-corrected chi connectivity index (χ3v) is 5.73. The molecule has 0 saturated carbocycles. The van der Waals surface area contributed by atoms with Gasteiger partial charge in [0.1, 0.15) is 0 Å². The summed E-state index contributed by atoms with van der Waals surface area (Å²) in [7, 11) is 1.57. The van der Waals surface area contributed by atoms with Crippen molar-refractivity contribution in [3.63, 3.8) is 0 Å². The molecule has 1 N–H and O–H groups in total. The fourth-order valence-corrected chi connectivity index (χ4v) is 4.10. The maximum absolute atomic E-state index is 13.0. The molecule has 156 valence electrons. The predicted molar refractivity (Wildman–Crippen MR) is 121 cm³/mol. The van der Waals surface area contributed by atoms with Crippen molar-refractivity contribution in [2.45, 2.75) is 18.6 Å². The van der Waals surface area contributed by atoms with Gasteiger partial charge < -0.3 is 10.1 Å². The average molecular weight is 490 g/mol. The van der Waals surface area contributed by atoms with Crippen LogP contribution in [0.2, 0.25) is 0 Å². The Morgan fingerprint density at radius 3 is 2.60 bits per heavy atom. The maximum Gasteiger partial charge on any atom is 0.262 e. The van der Waals surface area contributed by atoms with Gasteiger partial charge in [0.05, 0.1) is 29.8 Å². The number of methoxy groups -OCH3 is 1. The topological polar surface area (TPSA) is 90.3 Å². The number of nitrogens with zero attached hydrogens (tertiary/aromatic N) is 2. The van der Waals surface area contributed by atoms with E-state index in [9.17, 15) is 14.4 Å². The zero-order valence-corrected chi connectivity index (χ0v) is 18.9. The molecule has 7 nitrogen and oxygen atoms in total. The Labute approximate surface area is 186 Å². The number of ether oxygens (including phenoxy) is 1. The van der Waals surface area contributed by atoms with Gasteiger partial charge in [0, 0.05) is 29.8 Å². The largest absolute Gasteiger partial charge is 0.383 e. The molecule has 0 radical (unpaired) electrons. The van der Waals surface area contributed by atoms with Crippen LogP contribution < -0.4 is 10.9 Å². The van der Waals surface area contributed by atoms with E-state index < -0.39 is 0 Å². The molecule has 30 heavy (non-hydrogen) atoms. The summed E-state index contributed by atoms with van der Waals surface area (Å²) in [6, 6.07) is 12.0. The highest BCUT2D eigenvalue weighted by Crippen LogP contribution is 2.22. The monoisotopic (exact) mass is 489 g/mol. The Hall–Kier alpha value is -2.49. The van der Waals surface area contributed by atoms with Crippen molar-refractivity contribution in [1.29, 1.82) is 0 Å². The Bertz CT molecular complexity index is 1150. The minimum atomic E-state index is -0.173. The molecule has 2 aromatic carbocycles. The summed E-state index contributed by atoms with van der Waals surface area (Å²) < 4.78 is 7.46. The molecule has 0 unspecified atom stereocenters. The number of benzene rings is 2. The second kappa shape index (κ2) is 10.0. The Morgan fingerprint density at radius 1 is 1.20 bits per heavy atom. The molecular weight excluding hydrogens is 470 g/mol. The van der Waals surface area contributed by atoms with Crippen molar-refractivity contribution in [2.24, 2.45) is 0 Å². The first kappa shape index (κ1) is 22.2. The van der Waals surface area contributed by atoms with Crippen molar-refractivity contribution in [2.75, 3.05) is 24.8 Å². The molecular formula is C21H20BrN3O4S. The number of Topliss-reactive ketones (excluding diaryl/α,β-unsaturated/α-hetero) is 1. The third kappa shape index (κ3) is 5.35. The van der Waals surface area contributed by atoms with E-state index in [-0.39, 0.29) is 23.0 Å². The number of hydrogen-bond acceptors (Lipinski definition) is 6. The van der Waals surface area contributed by atoms with E-state index >= 15 is 0 Å². The van der Waals surface area contributed by atoms with Gasteiger partial charge in [0.2, 0.25) is 5.91 Å². The van der Waals surface area contributed by atoms with Crippen LogP contribution >= 0.6 is 27.7 Å². The van der Waals surface area contributed by atoms with Crippen LogP contribution in [-0.2, 0) is 16.1 Å². The number of thioether (sulfide) groups is 1. The molecule has 0 atom stereocenters. The number of carbonyl (C=O) groups excluding carboxylic acids is 2. The lowest BCUT2D eigenvalue weighted by atomic mass is 10.1. The van der Waals surface area contributed by atoms with E-state index in [0.717, 1.165) is 4.47 Å². The van der Waals surface area contributed by atoms with Gasteiger partial charge in [0.15, 0.2) is 10.9 Å². The molecule has 1 amide bonds. The minimum absolute atomic E-state index is 0.0992. The number of halogens is 1. The number of carbonyl (C=O) groups is 2.